The lowest BCUT2D eigenvalue weighted by Gasteiger charge is -2.37. The highest BCUT2D eigenvalue weighted by Crippen LogP contribution is 2.26. The van der Waals surface area contributed by atoms with E-state index in [2.05, 4.69) is 4.74 Å². The summed E-state index contributed by atoms with van der Waals surface area (Å²) in [4.78, 5) is 0. The first-order valence-electron chi connectivity index (χ1n) is 5.96. The number of hydrogen-bond donors (Lipinski definition) is 1. The van der Waals surface area contributed by atoms with E-state index in [9.17, 15) is 13.9 Å². The predicted octanol–water partition coefficient (Wildman–Crippen LogP) is 2.44. The summed E-state index contributed by atoms with van der Waals surface area (Å²) < 4.78 is 37.5. The number of aliphatic hydroxyl groups is 1. The Kier molecular flexibility index (Phi) is 5.06. The van der Waals surface area contributed by atoms with Gasteiger partial charge in [-0.05, 0) is 33.8 Å². The number of halogens is 3. The third-order valence-electron chi connectivity index (χ3n) is 3.31. The van der Waals surface area contributed by atoms with E-state index in [1.165, 1.54) is 0 Å². The van der Waals surface area contributed by atoms with Gasteiger partial charge in [0, 0.05) is 10.5 Å². The molecule has 0 amide bonds. The van der Waals surface area contributed by atoms with E-state index in [0.29, 0.717) is 0 Å². The Morgan fingerprint density at radius 3 is 2.25 bits per heavy atom. The molecule has 7 heteroatoms. The molecular formula is C13H17BClF2O3. The lowest BCUT2D eigenvalue weighted by atomic mass is 9.82. The van der Waals surface area contributed by atoms with Crippen LogP contribution in [0.2, 0.25) is 5.02 Å². The summed E-state index contributed by atoms with van der Waals surface area (Å²) >= 11 is 5.80. The van der Waals surface area contributed by atoms with Gasteiger partial charge in [-0.15, -0.1) is 0 Å². The molecule has 0 spiro atoms. The maximum absolute atomic E-state index is 14.0. The van der Waals surface area contributed by atoms with Crippen molar-refractivity contribution in [2.75, 3.05) is 7.11 Å². The van der Waals surface area contributed by atoms with Crippen molar-refractivity contribution in [3.05, 3.63) is 22.7 Å². The summed E-state index contributed by atoms with van der Waals surface area (Å²) in [5.74, 6) is -2.39. The number of benzene rings is 1. The molecule has 1 aromatic rings. The summed E-state index contributed by atoms with van der Waals surface area (Å²) in [6, 6.07) is 0.940. The van der Waals surface area contributed by atoms with Gasteiger partial charge in [0.05, 0.1) is 18.3 Å². The monoisotopic (exact) mass is 305 g/mol. The summed E-state index contributed by atoms with van der Waals surface area (Å²) in [6.45, 7) is 6.39. The van der Waals surface area contributed by atoms with Crippen molar-refractivity contribution in [3.8, 4) is 5.75 Å². The minimum atomic E-state index is -1.17. The predicted molar refractivity (Wildman–Crippen MR) is 74.8 cm³/mol. The summed E-state index contributed by atoms with van der Waals surface area (Å²) in [7, 11) is 2.21. The standard InChI is InChI=1S/C13H17BClF2O3/c1-12(2,18)13(3,4)20-14-9-7(15)6-8(16)11(19-5)10(9)17/h6,18H,1-5H3. The second-order valence-electron chi connectivity index (χ2n) is 5.41. The molecule has 20 heavy (non-hydrogen) atoms. The quantitative estimate of drug-likeness (QED) is 0.849. The highest BCUT2D eigenvalue weighted by molar-refractivity contribution is 6.54. The fourth-order valence-corrected chi connectivity index (χ4v) is 1.46. The molecule has 0 aliphatic rings. The van der Waals surface area contributed by atoms with Crippen LogP contribution >= 0.6 is 11.6 Å². The zero-order valence-corrected chi connectivity index (χ0v) is 12.8. The normalized spacial score (nSPS) is 12.4. The smallest absolute Gasteiger partial charge is 0.335 e. The van der Waals surface area contributed by atoms with Crippen molar-refractivity contribution < 1.29 is 23.3 Å². The van der Waals surface area contributed by atoms with E-state index in [4.69, 9.17) is 16.3 Å². The number of rotatable bonds is 5. The Bertz CT molecular complexity index is 501. The third-order valence-corrected chi connectivity index (χ3v) is 3.63. The summed E-state index contributed by atoms with van der Waals surface area (Å²) in [5, 5.41) is 9.80. The molecule has 0 fully saturated rings. The zero-order valence-electron chi connectivity index (χ0n) is 12.1. The first-order valence-corrected chi connectivity index (χ1v) is 6.34. The van der Waals surface area contributed by atoms with Crippen LogP contribution in [-0.2, 0) is 4.65 Å². The fourth-order valence-electron chi connectivity index (χ4n) is 1.23. The molecule has 0 unspecified atom stereocenters. The SMILES string of the molecule is COc1c(F)cc(Cl)c([B]OC(C)(C)C(C)(C)O)c1F. The van der Waals surface area contributed by atoms with Gasteiger partial charge in [-0.3, -0.25) is 0 Å². The minimum Gasteiger partial charge on any atom is -0.491 e. The van der Waals surface area contributed by atoms with Gasteiger partial charge < -0.3 is 14.5 Å². The van der Waals surface area contributed by atoms with Crippen molar-refractivity contribution in [1.29, 1.82) is 0 Å². The molecule has 0 saturated carbocycles. The van der Waals surface area contributed by atoms with Gasteiger partial charge in [-0.25, -0.2) is 8.78 Å². The molecule has 1 aromatic carbocycles. The highest BCUT2D eigenvalue weighted by Gasteiger charge is 2.36. The zero-order chi connectivity index (χ0) is 15.7. The van der Waals surface area contributed by atoms with E-state index in [1.54, 1.807) is 27.7 Å². The van der Waals surface area contributed by atoms with Crippen LogP contribution in [0, 0.1) is 11.6 Å². The lowest BCUT2D eigenvalue weighted by molar-refractivity contribution is -0.0893. The average molecular weight is 306 g/mol. The van der Waals surface area contributed by atoms with Crippen LogP contribution in [0.3, 0.4) is 0 Å². The first kappa shape index (κ1) is 17.2. The molecule has 0 bridgehead atoms. The fraction of sp³-hybridized carbons (Fsp3) is 0.538. The number of hydrogen-bond acceptors (Lipinski definition) is 3. The highest BCUT2D eigenvalue weighted by atomic mass is 35.5. The molecule has 1 radical (unpaired) electrons. The van der Waals surface area contributed by atoms with Crippen molar-refractivity contribution in [3.63, 3.8) is 0 Å². The molecule has 0 aliphatic carbocycles. The van der Waals surface area contributed by atoms with Crippen molar-refractivity contribution in [2.45, 2.75) is 38.9 Å². The molecule has 1 rings (SSSR count). The van der Waals surface area contributed by atoms with Crippen LogP contribution in [-0.4, -0.2) is 30.9 Å². The van der Waals surface area contributed by atoms with Crippen LogP contribution in [0.5, 0.6) is 5.75 Å². The van der Waals surface area contributed by atoms with Crippen LogP contribution in [0.4, 0.5) is 8.78 Å². The molecule has 3 nitrogen and oxygen atoms in total. The van der Waals surface area contributed by atoms with Crippen molar-refractivity contribution in [2.24, 2.45) is 0 Å². The Labute approximate surface area is 123 Å². The minimum absolute atomic E-state index is 0.137. The van der Waals surface area contributed by atoms with Gasteiger partial charge >= 0.3 is 7.48 Å². The van der Waals surface area contributed by atoms with E-state index < -0.39 is 28.6 Å². The topological polar surface area (TPSA) is 38.7 Å². The first-order chi connectivity index (χ1) is 9.01. The average Bonchev–Trinajstić information content (AvgIpc) is 2.26. The van der Waals surface area contributed by atoms with Gasteiger partial charge in [0.2, 0.25) is 0 Å². The van der Waals surface area contributed by atoms with Crippen LogP contribution < -0.4 is 10.2 Å². The van der Waals surface area contributed by atoms with Gasteiger partial charge in [-0.1, -0.05) is 11.6 Å². The van der Waals surface area contributed by atoms with Gasteiger partial charge in [0.15, 0.2) is 17.4 Å². The van der Waals surface area contributed by atoms with E-state index in [0.717, 1.165) is 20.7 Å². The Morgan fingerprint density at radius 1 is 1.25 bits per heavy atom. The molecule has 0 saturated heterocycles. The molecule has 111 valence electrons. The van der Waals surface area contributed by atoms with Crippen LogP contribution in [0.1, 0.15) is 27.7 Å². The van der Waals surface area contributed by atoms with Crippen LogP contribution in [0.15, 0.2) is 6.07 Å². The molecular weight excluding hydrogens is 288 g/mol. The number of ether oxygens (including phenoxy) is 1. The van der Waals surface area contributed by atoms with Crippen LogP contribution in [0.25, 0.3) is 0 Å². The Morgan fingerprint density at radius 2 is 1.80 bits per heavy atom. The van der Waals surface area contributed by atoms with E-state index in [-0.39, 0.29) is 10.5 Å². The Hall–Kier alpha value is -0.845. The van der Waals surface area contributed by atoms with E-state index >= 15 is 0 Å². The second kappa shape index (κ2) is 5.88. The molecule has 1 N–H and O–H groups in total. The molecule has 0 atom stereocenters. The molecule has 0 aromatic heterocycles. The van der Waals surface area contributed by atoms with E-state index in [1.807, 2.05) is 0 Å². The second-order valence-corrected chi connectivity index (χ2v) is 5.81. The molecule has 0 aliphatic heterocycles. The maximum atomic E-state index is 14.0. The van der Waals surface area contributed by atoms with Crippen molar-refractivity contribution in [1.82, 2.24) is 0 Å². The van der Waals surface area contributed by atoms with Gasteiger partial charge in [0.1, 0.15) is 0 Å². The molecule has 0 heterocycles. The Balaban J connectivity index is 3.06. The largest absolute Gasteiger partial charge is 0.491 e. The van der Waals surface area contributed by atoms with Gasteiger partial charge in [-0.2, -0.15) is 0 Å². The van der Waals surface area contributed by atoms with Crippen molar-refractivity contribution >= 4 is 24.5 Å². The number of methoxy groups -OCH3 is 1. The maximum Gasteiger partial charge on any atom is 0.335 e. The lowest BCUT2D eigenvalue weighted by Crippen LogP contribution is -2.49. The third kappa shape index (κ3) is 3.43. The summed E-state index contributed by atoms with van der Waals surface area (Å²) in [5.41, 5.74) is -2.30. The summed E-state index contributed by atoms with van der Waals surface area (Å²) in [6.07, 6.45) is 0. The van der Waals surface area contributed by atoms with Gasteiger partial charge in [0.25, 0.3) is 0 Å².